The molecule has 1 aliphatic rings. The summed E-state index contributed by atoms with van der Waals surface area (Å²) in [6, 6.07) is 4.79. The first-order chi connectivity index (χ1) is 9.08. The highest BCUT2D eigenvalue weighted by molar-refractivity contribution is 5.94. The first-order valence-electron chi connectivity index (χ1n) is 7.09. The molecule has 19 heavy (non-hydrogen) atoms. The lowest BCUT2D eigenvalue weighted by Crippen LogP contribution is -2.33. The maximum atomic E-state index is 13.8. The largest absolute Gasteiger partial charge is 0.341 e. The molecule has 0 saturated heterocycles. The van der Waals surface area contributed by atoms with E-state index in [-0.39, 0.29) is 11.5 Å². The standard InChI is InChI=1S/C16H22FNO/c1-12-8-9-14(15(17)10-12)16(19)18(2)11-13-6-4-3-5-7-13/h8-10,13H,3-7,11H2,1-2H3. The van der Waals surface area contributed by atoms with Gasteiger partial charge in [0.15, 0.2) is 0 Å². The highest BCUT2D eigenvalue weighted by Crippen LogP contribution is 2.24. The number of hydrogen-bond acceptors (Lipinski definition) is 1. The molecule has 1 fully saturated rings. The molecule has 2 rings (SSSR count). The fourth-order valence-electron chi connectivity index (χ4n) is 2.84. The van der Waals surface area contributed by atoms with Gasteiger partial charge in [-0.2, -0.15) is 0 Å². The molecule has 3 heteroatoms. The lowest BCUT2D eigenvalue weighted by Gasteiger charge is -2.27. The Balaban J connectivity index is 2.01. The molecule has 0 aromatic heterocycles. The third-order valence-corrected chi connectivity index (χ3v) is 3.96. The lowest BCUT2D eigenvalue weighted by molar-refractivity contribution is 0.0756. The zero-order valence-electron chi connectivity index (χ0n) is 11.8. The van der Waals surface area contributed by atoms with E-state index < -0.39 is 5.82 Å². The average Bonchev–Trinajstić information content (AvgIpc) is 2.39. The summed E-state index contributed by atoms with van der Waals surface area (Å²) in [6.45, 7) is 2.56. The smallest absolute Gasteiger partial charge is 0.256 e. The van der Waals surface area contributed by atoms with Gasteiger partial charge in [0.1, 0.15) is 5.82 Å². The molecular weight excluding hydrogens is 241 g/mol. The van der Waals surface area contributed by atoms with Crippen LogP contribution in [0.1, 0.15) is 48.0 Å². The van der Waals surface area contributed by atoms with E-state index >= 15 is 0 Å². The summed E-state index contributed by atoms with van der Waals surface area (Å²) in [5, 5.41) is 0. The molecule has 1 aromatic carbocycles. The van der Waals surface area contributed by atoms with Crippen LogP contribution < -0.4 is 0 Å². The average molecular weight is 263 g/mol. The molecule has 0 unspecified atom stereocenters. The van der Waals surface area contributed by atoms with Gasteiger partial charge in [0.2, 0.25) is 0 Å². The molecule has 0 heterocycles. The third-order valence-electron chi connectivity index (χ3n) is 3.96. The van der Waals surface area contributed by atoms with Crippen LogP contribution in [0.4, 0.5) is 4.39 Å². The SMILES string of the molecule is Cc1ccc(C(=O)N(C)CC2CCCCC2)c(F)c1. The van der Waals surface area contributed by atoms with Crippen molar-refractivity contribution in [3.63, 3.8) is 0 Å². The van der Waals surface area contributed by atoms with Gasteiger partial charge in [0.25, 0.3) is 5.91 Å². The summed E-state index contributed by atoms with van der Waals surface area (Å²) < 4.78 is 13.8. The van der Waals surface area contributed by atoms with Crippen LogP contribution in [-0.4, -0.2) is 24.4 Å². The number of nitrogens with zero attached hydrogens (tertiary/aromatic N) is 1. The molecule has 0 atom stereocenters. The molecule has 0 spiro atoms. The van der Waals surface area contributed by atoms with Crippen molar-refractivity contribution in [1.29, 1.82) is 0 Å². The van der Waals surface area contributed by atoms with E-state index in [0.29, 0.717) is 5.92 Å². The fourth-order valence-corrected chi connectivity index (χ4v) is 2.84. The van der Waals surface area contributed by atoms with Gasteiger partial charge in [-0.25, -0.2) is 4.39 Å². The van der Waals surface area contributed by atoms with Crippen molar-refractivity contribution >= 4 is 5.91 Å². The molecule has 0 radical (unpaired) electrons. The first kappa shape index (κ1) is 14.0. The zero-order chi connectivity index (χ0) is 13.8. The Kier molecular flexibility index (Phi) is 4.56. The van der Waals surface area contributed by atoms with Gasteiger partial charge in [-0.15, -0.1) is 0 Å². The topological polar surface area (TPSA) is 20.3 Å². The molecule has 1 amide bonds. The molecule has 1 saturated carbocycles. The van der Waals surface area contributed by atoms with Crippen LogP contribution in [0.5, 0.6) is 0 Å². The molecule has 1 aliphatic carbocycles. The number of rotatable bonds is 3. The second kappa shape index (κ2) is 6.18. The van der Waals surface area contributed by atoms with Crippen molar-refractivity contribution in [3.05, 3.63) is 35.1 Å². The van der Waals surface area contributed by atoms with Gasteiger partial charge in [0.05, 0.1) is 5.56 Å². The Hall–Kier alpha value is -1.38. The van der Waals surface area contributed by atoms with Crippen molar-refractivity contribution in [3.8, 4) is 0 Å². The van der Waals surface area contributed by atoms with Crippen LogP contribution in [0.2, 0.25) is 0 Å². The Morgan fingerprint density at radius 3 is 2.63 bits per heavy atom. The first-order valence-corrected chi connectivity index (χ1v) is 7.09. The lowest BCUT2D eigenvalue weighted by atomic mass is 9.89. The normalized spacial score (nSPS) is 16.4. The minimum atomic E-state index is -0.416. The van der Waals surface area contributed by atoms with Crippen LogP contribution in [0.3, 0.4) is 0 Å². The monoisotopic (exact) mass is 263 g/mol. The molecule has 0 N–H and O–H groups in total. The summed E-state index contributed by atoms with van der Waals surface area (Å²) in [4.78, 5) is 13.9. The zero-order valence-corrected chi connectivity index (χ0v) is 11.8. The third kappa shape index (κ3) is 3.55. The molecular formula is C16H22FNO. The number of amides is 1. The fraction of sp³-hybridized carbons (Fsp3) is 0.562. The Morgan fingerprint density at radius 1 is 1.32 bits per heavy atom. The van der Waals surface area contributed by atoms with E-state index in [9.17, 15) is 9.18 Å². The molecule has 1 aromatic rings. The summed E-state index contributed by atoms with van der Waals surface area (Å²) in [7, 11) is 1.77. The van der Waals surface area contributed by atoms with E-state index in [1.165, 1.54) is 38.2 Å². The van der Waals surface area contributed by atoms with E-state index in [1.807, 2.05) is 6.92 Å². The number of benzene rings is 1. The Labute approximate surface area is 114 Å². The second-order valence-electron chi connectivity index (χ2n) is 5.67. The van der Waals surface area contributed by atoms with E-state index in [0.717, 1.165) is 12.1 Å². The van der Waals surface area contributed by atoms with Crippen LogP contribution in [0.15, 0.2) is 18.2 Å². The number of halogens is 1. The summed E-state index contributed by atoms with van der Waals surface area (Å²) >= 11 is 0. The minimum Gasteiger partial charge on any atom is -0.341 e. The van der Waals surface area contributed by atoms with E-state index in [4.69, 9.17) is 0 Å². The van der Waals surface area contributed by atoms with Gasteiger partial charge in [-0.1, -0.05) is 25.3 Å². The molecule has 0 bridgehead atoms. The van der Waals surface area contributed by atoms with Gasteiger partial charge in [-0.05, 0) is 43.4 Å². The Morgan fingerprint density at radius 2 is 2.00 bits per heavy atom. The number of carbonyl (C=O) groups excluding carboxylic acids is 1. The van der Waals surface area contributed by atoms with E-state index in [1.54, 1.807) is 24.1 Å². The van der Waals surface area contributed by atoms with Crippen LogP contribution in [0.25, 0.3) is 0 Å². The number of carbonyl (C=O) groups is 1. The van der Waals surface area contributed by atoms with Crippen molar-refractivity contribution in [2.45, 2.75) is 39.0 Å². The van der Waals surface area contributed by atoms with E-state index in [2.05, 4.69) is 0 Å². The Bertz CT molecular complexity index is 452. The van der Waals surface area contributed by atoms with Crippen molar-refractivity contribution in [1.82, 2.24) is 4.90 Å². The molecule has 104 valence electrons. The van der Waals surface area contributed by atoms with Crippen LogP contribution in [-0.2, 0) is 0 Å². The van der Waals surface area contributed by atoms with Gasteiger partial charge >= 0.3 is 0 Å². The summed E-state index contributed by atoms with van der Waals surface area (Å²) in [5.74, 6) is -0.0419. The maximum Gasteiger partial charge on any atom is 0.256 e. The molecule has 2 nitrogen and oxygen atoms in total. The number of aryl methyl sites for hydroxylation is 1. The number of hydrogen-bond donors (Lipinski definition) is 0. The maximum absolute atomic E-state index is 13.8. The summed E-state index contributed by atoms with van der Waals surface area (Å²) in [6.07, 6.45) is 6.19. The van der Waals surface area contributed by atoms with Crippen LogP contribution >= 0.6 is 0 Å². The van der Waals surface area contributed by atoms with Crippen LogP contribution in [0, 0.1) is 18.7 Å². The summed E-state index contributed by atoms with van der Waals surface area (Å²) in [5.41, 5.74) is 1.02. The molecule has 0 aliphatic heterocycles. The predicted molar refractivity (Wildman–Crippen MR) is 74.7 cm³/mol. The van der Waals surface area contributed by atoms with Crippen molar-refractivity contribution < 1.29 is 9.18 Å². The quantitative estimate of drug-likeness (QED) is 0.812. The van der Waals surface area contributed by atoms with Crippen molar-refractivity contribution in [2.24, 2.45) is 5.92 Å². The highest BCUT2D eigenvalue weighted by Gasteiger charge is 2.21. The van der Waals surface area contributed by atoms with Crippen molar-refractivity contribution in [2.75, 3.05) is 13.6 Å². The van der Waals surface area contributed by atoms with Gasteiger partial charge in [-0.3, -0.25) is 4.79 Å². The minimum absolute atomic E-state index is 0.184. The van der Waals surface area contributed by atoms with Gasteiger partial charge < -0.3 is 4.90 Å². The second-order valence-corrected chi connectivity index (χ2v) is 5.67. The van der Waals surface area contributed by atoms with Gasteiger partial charge in [0, 0.05) is 13.6 Å². The highest BCUT2D eigenvalue weighted by atomic mass is 19.1. The predicted octanol–water partition coefficient (Wildman–Crippen LogP) is 3.79.